The molecule has 1 amide bonds. The molecule has 0 heterocycles. The number of rotatable bonds is 15. The number of carboxylic acid groups (broad SMARTS) is 1. The van der Waals surface area contributed by atoms with Crippen LogP contribution >= 0.6 is 0 Å². The first-order valence-electron chi connectivity index (χ1n) is 12.9. The van der Waals surface area contributed by atoms with Gasteiger partial charge in [-0.2, -0.15) is 13.2 Å². The molecule has 2 N–H and O–H groups in total. The Balaban J connectivity index is 3.11. The number of benzene rings is 1. The van der Waals surface area contributed by atoms with E-state index in [0.29, 0.717) is 12.0 Å². The molecule has 0 aliphatic carbocycles. The summed E-state index contributed by atoms with van der Waals surface area (Å²) in [5, 5.41) is 12.0. The number of aryl methyl sites for hydroxylation is 1. The van der Waals surface area contributed by atoms with Gasteiger partial charge in [-0.25, -0.2) is 4.79 Å². The largest absolute Gasteiger partial charge is 0.480 e. The van der Waals surface area contributed by atoms with Gasteiger partial charge in [-0.05, 0) is 31.4 Å². The van der Waals surface area contributed by atoms with E-state index in [1.807, 2.05) is 0 Å². The topological polar surface area (TPSA) is 83.5 Å². The van der Waals surface area contributed by atoms with Gasteiger partial charge in [0.25, 0.3) is 0 Å². The minimum atomic E-state index is -4.65. The first-order chi connectivity index (χ1) is 16.7. The summed E-state index contributed by atoms with van der Waals surface area (Å²) in [7, 11) is 0. The van der Waals surface area contributed by atoms with Crippen LogP contribution < -0.4 is 5.32 Å². The van der Waals surface area contributed by atoms with Gasteiger partial charge in [-0.15, -0.1) is 0 Å². The normalized spacial score (nSPS) is 13.8. The lowest BCUT2D eigenvalue weighted by Crippen LogP contribution is -2.44. The number of nitrogens with one attached hydrogen (secondary N) is 1. The molecule has 8 heteroatoms. The molecule has 0 saturated carbocycles. The number of carboxylic acids is 1. The Morgan fingerprint density at radius 3 is 2.06 bits per heavy atom. The summed E-state index contributed by atoms with van der Waals surface area (Å²) in [6, 6.07) is 2.52. The van der Waals surface area contributed by atoms with Gasteiger partial charge in [-0.1, -0.05) is 90.3 Å². The van der Waals surface area contributed by atoms with Crippen LogP contribution in [0.1, 0.15) is 115 Å². The zero-order valence-electron chi connectivity index (χ0n) is 22.3. The van der Waals surface area contributed by atoms with Crippen LogP contribution in [0.4, 0.5) is 13.2 Å². The van der Waals surface area contributed by atoms with Crippen LogP contribution in [0.15, 0.2) is 18.2 Å². The quantitative estimate of drug-likeness (QED) is 0.243. The van der Waals surface area contributed by atoms with E-state index in [-0.39, 0.29) is 30.6 Å². The van der Waals surface area contributed by atoms with Crippen molar-refractivity contribution < 1.29 is 32.7 Å². The van der Waals surface area contributed by atoms with Gasteiger partial charge in [-0.3, -0.25) is 9.59 Å². The predicted octanol–water partition coefficient (Wildman–Crippen LogP) is 7.20. The van der Waals surface area contributed by atoms with Crippen molar-refractivity contribution in [3.63, 3.8) is 0 Å². The number of hydrogen-bond acceptors (Lipinski definition) is 3. The number of unbranched alkanes of at least 4 members (excludes halogenated alkanes) is 6. The zero-order chi connectivity index (χ0) is 27.5. The summed E-state index contributed by atoms with van der Waals surface area (Å²) >= 11 is 0. The second kappa shape index (κ2) is 14.4. The van der Waals surface area contributed by atoms with Gasteiger partial charge >= 0.3 is 12.1 Å². The highest BCUT2D eigenvalue weighted by Crippen LogP contribution is 2.38. The number of Topliss-reactive ketones (excluding diaryl/α,β-unsaturated/α-hetero) is 1. The van der Waals surface area contributed by atoms with E-state index in [9.17, 15) is 32.7 Å². The zero-order valence-corrected chi connectivity index (χ0v) is 22.3. The smallest absolute Gasteiger partial charge is 0.416 e. The molecular weight excluding hydrogens is 471 g/mol. The molecule has 2 atom stereocenters. The molecular formula is C28H42F3NO4. The number of aliphatic carboxylic acids is 1. The Hall–Kier alpha value is -2.38. The summed E-state index contributed by atoms with van der Waals surface area (Å²) in [5.74, 6) is -3.37. The van der Waals surface area contributed by atoms with Crippen molar-refractivity contribution >= 4 is 17.7 Å². The molecule has 36 heavy (non-hydrogen) atoms. The van der Waals surface area contributed by atoms with E-state index in [1.54, 1.807) is 27.7 Å². The van der Waals surface area contributed by atoms with E-state index in [4.69, 9.17) is 0 Å². The minimum Gasteiger partial charge on any atom is -0.480 e. The molecule has 1 rings (SSSR count). The number of hydrogen-bond donors (Lipinski definition) is 2. The number of ketones is 1. The van der Waals surface area contributed by atoms with Crippen molar-refractivity contribution in [1.82, 2.24) is 5.32 Å². The van der Waals surface area contributed by atoms with Gasteiger partial charge in [0, 0.05) is 11.8 Å². The van der Waals surface area contributed by atoms with Gasteiger partial charge < -0.3 is 10.4 Å². The molecule has 1 aromatic carbocycles. The second-order valence-corrected chi connectivity index (χ2v) is 10.7. The third-order valence-corrected chi connectivity index (χ3v) is 6.41. The van der Waals surface area contributed by atoms with E-state index in [0.717, 1.165) is 44.6 Å². The van der Waals surface area contributed by atoms with Crippen LogP contribution in [-0.4, -0.2) is 28.8 Å². The van der Waals surface area contributed by atoms with E-state index in [2.05, 4.69) is 12.2 Å². The molecule has 0 radical (unpaired) electrons. The molecule has 0 aliphatic rings. The highest BCUT2D eigenvalue weighted by atomic mass is 19.4. The molecule has 5 nitrogen and oxygen atoms in total. The molecule has 1 aromatic rings. The Kier molecular flexibility index (Phi) is 12.6. The van der Waals surface area contributed by atoms with Crippen molar-refractivity contribution in [3.8, 4) is 0 Å². The fourth-order valence-electron chi connectivity index (χ4n) is 4.13. The molecule has 0 fully saturated rings. The lowest BCUT2D eigenvalue weighted by atomic mass is 9.86. The first-order valence-corrected chi connectivity index (χ1v) is 12.9. The summed E-state index contributed by atoms with van der Waals surface area (Å²) in [5.41, 5.74) is -1.26. The average Bonchev–Trinajstić information content (AvgIpc) is 2.77. The van der Waals surface area contributed by atoms with Gasteiger partial charge in [0.2, 0.25) is 5.91 Å². The summed E-state index contributed by atoms with van der Waals surface area (Å²) in [6.07, 6.45) is 2.00. The SMILES string of the molecule is CCCCCCCCCC(C(=O)N[C@@H](CCC(=O)C(C)(C)C)C(=O)O)c1ccc(C)cc1C(F)(F)F. The molecule has 0 spiro atoms. The van der Waals surface area contributed by atoms with E-state index in [1.165, 1.54) is 12.1 Å². The number of amides is 1. The summed E-state index contributed by atoms with van der Waals surface area (Å²) in [6.45, 7) is 8.83. The fraction of sp³-hybridized carbons (Fsp3) is 0.679. The van der Waals surface area contributed by atoms with Crippen molar-refractivity contribution in [3.05, 3.63) is 34.9 Å². The molecule has 1 unspecified atom stereocenters. The Morgan fingerprint density at radius 2 is 1.53 bits per heavy atom. The molecule has 0 aromatic heterocycles. The molecule has 0 saturated heterocycles. The highest BCUT2D eigenvalue weighted by Gasteiger charge is 2.37. The maximum atomic E-state index is 13.9. The van der Waals surface area contributed by atoms with Crippen LogP contribution in [0.5, 0.6) is 0 Å². The molecule has 0 aliphatic heterocycles. The number of carbonyl (C=O) groups is 3. The third-order valence-electron chi connectivity index (χ3n) is 6.41. The van der Waals surface area contributed by atoms with Gasteiger partial charge in [0.1, 0.15) is 11.8 Å². The Morgan fingerprint density at radius 1 is 0.944 bits per heavy atom. The van der Waals surface area contributed by atoms with Crippen LogP contribution in [0.2, 0.25) is 0 Å². The van der Waals surface area contributed by atoms with Crippen molar-refractivity contribution in [1.29, 1.82) is 0 Å². The number of halogens is 3. The number of alkyl halides is 3. The Labute approximate surface area is 213 Å². The molecule has 0 bridgehead atoms. The lowest BCUT2D eigenvalue weighted by Gasteiger charge is -2.24. The standard InChI is InChI=1S/C28H42F3NO4/c1-6-7-8-9-10-11-12-13-21(20-15-14-19(2)18-22(20)28(29,30)31)25(34)32-23(26(35)36)16-17-24(33)27(3,4)5/h14-15,18,21,23H,6-13,16-17H2,1-5H3,(H,32,34)(H,35,36)/t21?,23-/m0/s1. The minimum absolute atomic E-state index is 0.0541. The van der Waals surface area contributed by atoms with Crippen molar-refractivity contribution in [2.45, 2.75) is 117 Å². The van der Waals surface area contributed by atoms with Gasteiger partial charge in [0.15, 0.2) is 0 Å². The van der Waals surface area contributed by atoms with Gasteiger partial charge in [0.05, 0.1) is 11.5 Å². The van der Waals surface area contributed by atoms with E-state index >= 15 is 0 Å². The van der Waals surface area contributed by atoms with Crippen molar-refractivity contribution in [2.75, 3.05) is 0 Å². The molecule has 204 valence electrons. The van der Waals surface area contributed by atoms with Crippen LogP contribution in [-0.2, 0) is 20.6 Å². The second-order valence-electron chi connectivity index (χ2n) is 10.7. The monoisotopic (exact) mass is 513 g/mol. The fourth-order valence-corrected chi connectivity index (χ4v) is 4.13. The average molecular weight is 514 g/mol. The lowest BCUT2D eigenvalue weighted by molar-refractivity contribution is -0.143. The predicted molar refractivity (Wildman–Crippen MR) is 135 cm³/mol. The third kappa shape index (κ3) is 10.7. The Bertz CT molecular complexity index is 875. The first kappa shape index (κ1) is 31.6. The van der Waals surface area contributed by atoms with Crippen LogP contribution in [0.25, 0.3) is 0 Å². The maximum Gasteiger partial charge on any atom is 0.416 e. The number of carbonyl (C=O) groups excluding carboxylic acids is 2. The summed E-state index contributed by atoms with van der Waals surface area (Å²) < 4.78 is 41.6. The van der Waals surface area contributed by atoms with Crippen LogP contribution in [0.3, 0.4) is 0 Å². The van der Waals surface area contributed by atoms with Crippen LogP contribution in [0, 0.1) is 12.3 Å². The maximum absolute atomic E-state index is 13.9. The van der Waals surface area contributed by atoms with E-state index < -0.39 is 41.0 Å². The summed E-state index contributed by atoms with van der Waals surface area (Å²) in [4.78, 5) is 37.3. The van der Waals surface area contributed by atoms with Crippen molar-refractivity contribution in [2.24, 2.45) is 5.41 Å². The highest BCUT2D eigenvalue weighted by molar-refractivity contribution is 5.89.